The number of phenols is 1. The zero-order valence-corrected chi connectivity index (χ0v) is 25.3. The fraction of sp³-hybridized carbons (Fsp3) is 0.500. The quantitative estimate of drug-likeness (QED) is 0.320. The van der Waals surface area contributed by atoms with E-state index in [9.17, 15) is 24.3 Å². The van der Waals surface area contributed by atoms with Crippen LogP contribution in [0.4, 0.5) is 4.79 Å². The Morgan fingerprint density at radius 3 is 2.33 bits per heavy atom. The number of nitrogens with zero attached hydrogens (tertiary/aromatic N) is 1. The summed E-state index contributed by atoms with van der Waals surface area (Å²) >= 11 is 0. The van der Waals surface area contributed by atoms with E-state index in [4.69, 9.17) is 9.47 Å². The highest BCUT2D eigenvalue weighted by Crippen LogP contribution is 2.41. The smallest absolute Gasteiger partial charge is 0.408 e. The number of hydrogen-bond donors (Lipinski definition) is 3. The maximum Gasteiger partial charge on any atom is 0.408 e. The molecule has 3 rings (SSSR count). The standard InChI is InChI=1S/C32H43N3O7/c1-7-41-27(37)15-16-33-29(38)28(23-13-14-26(36)21(3)17-23)35(25-18-20(25)2)30(39)24(19-22-11-9-8-10-12-22)34-31(40)42-32(4,5)6/h8-14,17,20,24-25,28,36H,7,15-16,18-19H2,1-6H3,(H,33,38)(H,34,40). The third-order valence-corrected chi connectivity index (χ3v) is 6.95. The Morgan fingerprint density at radius 1 is 1.10 bits per heavy atom. The molecule has 4 atom stereocenters. The Bertz CT molecular complexity index is 1260. The molecule has 1 saturated carbocycles. The minimum Gasteiger partial charge on any atom is -0.508 e. The van der Waals surface area contributed by atoms with Crippen molar-refractivity contribution in [2.75, 3.05) is 13.2 Å². The average Bonchev–Trinajstić information content (AvgIpc) is 3.63. The van der Waals surface area contributed by atoms with Crippen molar-refractivity contribution in [3.63, 3.8) is 0 Å². The number of rotatable bonds is 12. The summed E-state index contributed by atoms with van der Waals surface area (Å²) in [5, 5.41) is 15.7. The molecular formula is C32H43N3O7. The van der Waals surface area contributed by atoms with Crippen molar-refractivity contribution in [1.29, 1.82) is 0 Å². The van der Waals surface area contributed by atoms with Crippen molar-refractivity contribution >= 4 is 23.9 Å². The summed E-state index contributed by atoms with van der Waals surface area (Å²) in [4.78, 5) is 54.6. The fourth-order valence-corrected chi connectivity index (χ4v) is 4.76. The molecule has 0 aliphatic heterocycles. The van der Waals surface area contributed by atoms with Gasteiger partial charge in [-0.3, -0.25) is 14.4 Å². The first-order valence-electron chi connectivity index (χ1n) is 14.4. The Balaban J connectivity index is 2.00. The molecular weight excluding hydrogens is 538 g/mol. The molecule has 1 aliphatic carbocycles. The molecule has 0 saturated heterocycles. The number of alkyl carbamates (subject to hydrolysis) is 1. The van der Waals surface area contributed by atoms with Crippen LogP contribution in [0.3, 0.4) is 0 Å². The van der Waals surface area contributed by atoms with E-state index in [1.54, 1.807) is 51.7 Å². The molecule has 3 amide bonds. The largest absolute Gasteiger partial charge is 0.508 e. The maximum absolute atomic E-state index is 14.5. The van der Waals surface area contributed by atoms with Gasteiger partial charge in [-0.1, -0.05) is 43.3 Å². The van der Waals surface area contributed by atoms with Crippen LogP contribution in [-0.2, 0) is 30.3 Å². The van der Waals surface area contributed by atoms with Crippen LogP contribution in [0.25, 0.3) is 0 Å². The van der Waals surface area contributed by atoms with Crippen LogP contribution in [-0.4, -0.2) is 64.7 Å². The zero-order chi connectivity index (χ0) is 31.0. The van der Waals surface area contributed by atoms with Gasteiger partial charge in [0.2, 0.25) is 11.8 Å². The molecule has 0 heterocycles. The lowest BCUT2D eigenvalue weighted by atomic mass is 9.98. The number of aryl methyl sites for hydroxylation is 1. The first-order valence-corrected chi connectivity index (χ1v) is 14.4. The molecule has 10 heteroatoms. The minimum absolute atomic E-state index is 0.0223. The summed E-state index contributed by atoms with van der Waals surface area (Å²) < 4.78 is 10.4. The number of nitrogens with one attached hydrogen (secondary N) is 2. The molecule has 228 valence electrons. The fourth-order valence-electron chi connectivity index (χ4n) is 4.76. The summed E-state index contributed by atoms with van der Waals surface area (Å²) in [6.07, 6.45) is 0.102. The van der Waals surface area contributed by atoms with Gasteiger partial charge in [0.25, 0.3) is 0 Å². The third kappa shape index (κ3) is 9.22. The van der Waals surface area contributed by atoms with Gasteiger partial charge in [0, 0.05) is 19.0 Å². The number of benzene rings is 2. The van der Waals surface area contributed by atoms with Crippen LogP contribution in [0.15, 0.2) is 48.5 Å². The first-order chi connectivity index (χ1) is 19.8. The lowest BCUT2D eigenvalue weighted by molar-refractivity contribution is -0.145. The van der Waals surface area contributed by atoms with E-state index >= 15 is 0 Å². The summed E-state index contributed by atoms with van der Waals surface area (Å²) in [6, 6.07) is 11.7. The third-order valence-electron chi connectivity index (χ3n) is 6.95. The number of aromatic hydroxyl groups is 1. The molecule has 3 N–H and O–H groups in total. The van der Waals surface area contributed by atoms with Gasteiger partial charge in [-0.15, -0.1) is 0 Å². The van der Waals surface area contributed by atoms with Crippen LogP contribution >= 0.6 is 0 Å². The van der Waals surface area contributed by atoms with Gasteiger partial charge < -0.3 is 30.1 Å². The molecule has 1 fully saturated rings. The van der Waals surface area contributed by atoms with E-state index in [1.807, 2.05) is 37.3 Å². The van der Waals surface area contributed by atoms with E-state index < -0.39 is 41.6 Å². The second kappa shape index (κ2) is 14.2. The van der Waals surface area contributed by atoms with Crippen LogP contribution in [0.5, 0.6) is 5.75 Å². The summed E-state index contributed by atoms with van der Waals surface area (Å²) in [6.45, 7) is 10.9. The molecule has 4 unspecified atom stereocenters. The highest BCUT2D eigenvalue weighted by molar-refractivity contribution is 5.93. The van der Waals surface area contributed by atoms with Crippen molar-refractivity contribution in [2.24, 2.45) is 5.92 Å². The second-order valence-corrected chi connectivity index (χ2v) is 11.7. The number of amides is 3. The van der Waals surface area contributed by atoms with Crippen LogP contribution < -0.4 is 10.6 Å². The van der Waals surface area contributed by atoms with Crippen molar-refractivity contribution < 1.29 is 33.8 Å². The van der Waals surface area contributed by atoms with Crippen molar-refractivity contribution in [3.05, 3.63) is 65.2 Å². The van der Waals surface area contributed by atoms with E-state index in [0.29, 0.717) is 17.5 Å². The predicted molar refractivity (Wildman–Crippen MR) is 158 cm³/mol. The monoisotopic (exact) mass is 581 g/mol. The molecule has 2 aromatic carbocycles. The molecule has 0 aromatic heterocycles. The van der Waals surface area contributed by atoms with E-state index in [-0.39, 0.29) is 43.7 Å². The van der Waals surface area contributed by atoms with E-state index in [2.05, 4.69) is 10.6 Å². The van der Waals surface area contributed by atoms with Gasteiger partial charge in [-0.25, -0.2) is 4.79 Å². The first kappa shape index (κ1) is 32.4. The van der Waals surface area contributed by atoms with Crippen molar-refractivity contribution in [2.45, 2.75) is 84.5 Å². The van der Waals surface area contributed by atoms with Crippen LogP contribution in [0.2, 0.25) is 0 Å². The zero-order valence-electron chi connectivity index (χ0n) is 25.3. The number of esters is 1. The minimum atomic E-state index is -1.08. The Labute approximate surface area is 247 Å². The molecule has 2 aromatic rings. The van der Waals surface area contributed by atoms with Crippen molar-refractivity contribution in [1.82, 2.24) is 15.5 Å². The van der Waals surface area contributed by atoms with Gasteiger partial charge in [-0.05, 0) is 75.8 Å². The summed E-state index contributed by atoms with van der Waals surface area (Å²) in [5.41, 5.74) is 1.09. The number of ether oxygens (including phenoxy) is 2. The van der Waals surface area contributed by atoms with Crippen LogP contribution in [0, 0.1) is 12.8 Å². The summed E-state index contributed by atoms with van der Waals surface area (Å²) in [5.74, 6) is -1.17. The lowest BCUT2D eigenvalue weighted by Gasteiger charge is -2.35. The van der Waals surface area contributed by atoms with Crippen LogP contribution in [0.1, 0.15) is 70.2 Å². The lowest BCUT2D eigenvalue weighted by Crippen LogP contribution is -2.54. The highest BCUT2D eigenvalue weighted by Gasteiger charge is 2.48. The Morgan fingerprint density at radius 2 is 1.76 bits per heavy atom. The molecule has 0 bridgehead atoms. The van der Waals surface area contributed by atoms with Gasteiger partial charge in [-0.2, -0.15) is 0 Å². The van der Waals surface area contributed by atoms with E-state index in [0.717, 1.165) is 5.56 Å². The van der Waals surface area contributed by atoms with Gasteiger partial charge in [0.1, 0.15) is 23.4 Å². The number of carbonyl (C=O) groups is 4. The van der Waals surface area contributed by atoms with Gasteiger partial charge in [0.05, 0.1) is 13.0 Å². The van der Waals surface area contributed by atoms with Crippen molar-refractivity contribution in [3.8, 4) is 5.75 Å². The molecule has 0 radical (unpaired) electrons. The topological polar surface area (TPSA) is 134 Å². The Kier molecular flexibility index (Phi) is 11.0. The highest BCUT2D eigenvalue weighted by atomic mass is 16.6. The Hall–Kier alpha value is -4.08. The number of carbonyl (C=O) groups excluding carboxylic acids is 4. The van der Waals surface area contributed by atoms with Gasteiger partial charge >= 0.3 is 12.1 Å². The predicted octanol–water partition coefficient (Wildman–Crippen LogP) is 4.18. The maximum atomic E-state index is 14.5. The number of hydrogen-bond acceptors (Lipinski definition) is 7. The van der Waals surface area contributed by atoms with Gasteiger partial charge in [0.15, 0.2) is 0 Å². The second-order valence-electron chi connectivity index (χ2n) is 11.7. The molecule has 10 nitrogen and oxygen atoms in total. The summed E-state index contributed by atoms with van der Waals surface area (Å²) in [7, 11) is 0. The average molecular weight is 582 g/mol. The SMILES string of the molecule is CCOC(=O)CCNC(=O)C(c1ccc(O)c(C)c1)N(C(=O)C(Cc1ccccc1)NC(=O)OC(C)(C)C)C1CC1C. The molecule has 0 spiro atoms. The molecule has 1 aliphatic rings. The molecule has 42 heavy (non-hydrogen) atoms. The van der Waals surface area contributed by atoms with E-state index in [1.165, 1.54) is 6.07 Å². The number of phenolic OH excluding ortho intramolecular Hbond substituents is 1. The normalized spacial score (nSPS) is 17.4.